The Labute approximate surface area is 176 Å². The number of hydrogen-bond acceptors (Lipinski definition) is 8. The molecule has 0 aliphatic rings. The molecule has 28 heavy (non-hydrogen) atoms. The molecule has 0 saturated carbocycles. The number of thiophene rings is 3. The minimum atomic E-state index is -0.247. The summed E-state index contributed by atoms with van der Waals surface area (Å²) < 4.78 is 1.48. The van der Waals surface area contributed by atoms with Gasteiger partial charge in [-0.25, -0.2) is 4.98 Å². The van der Waals surface area contributed by atoms with Gasteiger partial charge in [0.1, 0.15) is 15.9 Å². The Bertz CT molecular complexity index is 1260. The first-order chi connectivity index (χ1) is 13.6. The number of nitriles is 1. The van der Waals surface area contributed by atoms with E-state index in [9.17, 15) is 9.59 Å². The number of carbonyl (C=O) groups excluding carboxylic acids is 1. The van der Waals surface area contributed by atoms with E-state index in [1.54, 1.807) is 29.8 Å². The number of thioether (sulfide) groups is 1. The number of nitrogens with one attached hydrogen (secondary N) is 1. The highest BCUT2D eigenvalue weighted by molar-refractivity contribution is 7.99. The van der Waals surface area contributed by atoms with Crippen LogP contribution in [-0.4, -0.2) is 21.2 Å². The van der Waals surface area contributed by atoms with Gasteiger partial charge in [-0.2, -0.15) is 5.26 Å². The average molecular weight is 445 g/mol. The quantitative estimate of drug-likeness (QED) is 0.364. The zero-order valence-corrected chi connectivity index (χ0v) is 17.7. The first-order valence-corrected chi connectivity index (χ1v) is 11.6. The van der Waals surface area contributed by atoms with E-state index in [4.69, 9.17) is 5.26 Å². The van der Waals surface area contributed by atoms with Gasteiger partial charge in [0.2, 0.25) is 5.91 Å². The summed E-state index contributed by atoms with van der Waals surface area (Å²) in [5.74, 6) is -0.152. The number of hydrogen-bond donors (Lipinski definition) is 1. The molecule has 0 bridgehead atoms. The van der Waals surface area contributed by atoms with E-state index in [0.29, 0.717) is 25.9 Å². The molecule has 4 rings (SSSR count). The Morgan fingerprint density at radius 3 is 2.93 bits per heavy atom. The highest BCUT2D eigenvalue weighted by atomic mass is 32.2. The van der Waals surface area contributed by atoms with E-state index >= 15 is 0 Å². The van der Waals surface area contributed by atoms with Crippen molar-refractivity contribution in [1.29, 1.82) is 5.26 Å². The molecule has 0 aliphatic carbocycles. The van der Waals surface area contributed by atoms with Gasteiger partial charge in [-0.05, 0) is 22.9 Å². The van der Waals surface area contributed by atoms with Gasteiger partial charge in [-0.15, -0.1) is 34.0 Å². The predicted octanol–water partition coefficient (Wildman–Crippen LogP) is 4.39. The van der Waals surface area contributed by atoms with Crippen molar-refractivity contribution in [1.82, 2.24) is 9.55 Å². The summed E-state index contributed by atoms with van der Waals surface area (Å²) in [6, 6.07) is 7.64. The van der Waals surface area contributed by atoms with Crippen LogP contribution in [0.25, 0.3) is 20.7 Å². The summed E-state index contributed by atoms with van der Waals surface area (Å²) in [5.41, 5.74) is 1.22. The van der Waals surface area contributed by atoms with Crippen LogP contribution in [-0.2, 0) is 11.8 Å². The van der Waals surface area contributed by atoms with E-state index in [-0.39, 0.29) is 17.2 Å². The number of carbonyl (C=O) groups is 1. The lowest BCUT2D eigenvalue weighted by molar-refractivity contribution is -0.113. The van der Waals surface area contributed by atoms with Gasteiger partial charge in [-0.1, -0.05) is 17.8 Å². The fourth-order valence-corrected chi connectivity index (χ4v) is 5.91. The van der Waals surface area contributed by atoms with Crippen molar-refractivity contribution in [3.8, 4) is 16.5 Å². The molecule has 4 aromatic heterocycles. The van der Waals surface area contributed by atoms with Crippen LogP contribution < -0.4 is 10.9 Å². The van der Waals surface area contributed by atoms with Gasteiger partial charge >= 0.3 is 0 Å². The van der Waals surface area contributed by atoms with E-state index in [1.165, 1.54) is 39.0 Å². The van der Waals surface area contributed by atoms with Gasteiger partial charge in [0.15, 0.2) is 5.16 Å². The predicted molar refractivity (Wildman–Crippen MR) is 117 cm³/mol. The zero-order valence-electron chi connectivity index (χ0n) is 14.5. The third-order valence-electron chi connectivity index (χ3n) is 3.93. The van der Waals surface area contributed by atoms with Crippen LogP contribution in [0.15, 0.2) is 44.3 Å². The number of fused-ring (bicyclic) bond motifs is 1. The summed E-state index contributed by atoms with van der Waals surface area (Å²) in [6.07, 6.45) is 0. The highest BCUT2D eigenvalue weighted by Gasteiger charge is 2.17. The van der Waals surface area contributed by atoms with Gasteiger partial charge in [-0.3, -0.25) is 14.2 Å². The Balaban J connectivity index is 1.57. The van der Waals surface area contributed by atoms with Gasteiger partial charge < -0.3 is 5.32 Å². The van der Waals surface area contributed by atoms with E-state index in [0.717, 1.165) is 10.4 Å². The lowest BCUT2D eigenvalue weighted by Crippen LogP contribution is -2.21. The minimum Gasteiger partial charge on any atom is -0.316 e. The van der Waals surface area contributed by atoms with Gasteiger partial charge in [0.25, 0.3) is 5.56 Å². The Hall–Kier alpha value is -2.45. The molecule has 0 fully saturated rings. The summed E-state index contributed by atoms with van der Waals surface area (Å²) >= 11 is 5.51. The fraction of sp³-hybridized carbons (Fsp3) is 0.111. The number of aromatic nitrogens is 2. The van der Waals surface area contributed by atoms with Crippen LogP contribution in [0.2, 0.25) is 0 Å². The summed E-state index contributed by atoms with van der Waals surface area (Å²) in [6.45, 7) is 0. The molecule has 0 radical (unpaired) electrons. The van der Waals surface area contributed by atoms with Crippen LogP contribution in [0.4, 0.5) is 5.00 Å². The highest BCUT2D eigenvalue weighted by Crippen LogP contribution is 2.34. The summed E-state index contributed by atoms with van der Waals surface area (Å²) in [7, 11) is 1.66. The Morgan fingerprint density at radius 2 is 2.18 bits per heavy atom. The molecule has 0 aliphatic heterocycles. The molecule has 140 valence electrons. The zero-order chi connectivity index (χ0) is 19.7. The number of nitrogens with zero attached hydrogens (tertiary/aromatic N) is 3. The molecule has 1 amide bonds. The molecule has 4 aromatic rings. The van der Waals surface area contributed by atoms with Crippen LogP contribution in [0.3, 0.4) is 0 Å². The summed E-state index contributed by atoms with van der Waals surface area (Å²) in [5, 5.41) is 19.1. The molecule has 0 aromatic carbocycles. The topological polar surface area (TPSA) is 87.8 Å². The first-order valence-electron chi connectivity index (χ1n) is 8.01. The summed E-state index contributed by atoms with van der Waals surface area (Å²) in [4.78, 5) is 31.4. The number of rotatable bonds is 5. The van der Waals surface area contributed by atoms with Crippen molar-refractivity contribution in [3.05, 3.63) is 50.3 Å². The second kappa shape index (κ2) is 7.89. The maximum absolute atomic E-state index is 12.9. The lowest BCUT2D eigenvalue weighted by Gasteiger charge is -2.08. The Kier molecular flexibility index (Phi) is 5.32. The van der Waals surface area contributed by atoms with Crippen molar-refractivity contribution < 1.29 is 4.79 Å². The normalized spacial score (nSPS) is 10.9. The van der Waals surface area contributed by atoms with Gasteiger partial charge in [0.05, 0.1) is 16.7 Å². The van der Waals surface area contributed by atoms with E-state index in [2.05, 4.69) is 10.3 Å². The van der Waals surface area contributed by atoms with Crippen molar-refractivity contribution in [2.24, 2.45) is 7.05 Å². The number of anilines is 1. The standard InChI is InChI=1S/C18H12N4O2S4/c1-22-17(24)14-11(12-3-2-5-25-12)8-27-16(14)21-18(22)28-9-13(23)20-15-10(7-19)4-6-26-15/h2-6,8H,9H2,1H3,(H,20,23). The second-order valence-corrected chi connectivity index (χ2v) is 9.34. The fourth-order valence-electron chi connectivity index (χ4n) is 2.58. The maximum atomic E-state index is 12.9. The molecular formula is C18H12N4O2S4. The minimum absolute atomic E-state index is 0.0950. The second-order valence-electron chi connectivity index (χ2n) is 5.68. The smallest absolute Gasteiger partial charge is 0.263 e. The van der Waals surface area contributed by atoms with Crippen LogP contribution in [0.1, 0.15) is 5.56 Å². The van der Waals surface area contributed by atoms with Crippen molar-refractivity contribution >= 4 is 66.9 Å². The maximum Gasteiger partial charge on any atom is 0.263 e. The average Bonchev–Trinajstić information content (AvgIpc) is 3.43. The molecule has 0 unspecified atom stereocenters. The van der Waals surface area contributed by atoms with Crippen LogP contribution in [0.5, 0.6) is 0 Å². The molecule has 1 N–H and O–H groups in total. The molecular weight excluding hydrogens is 432 g/mol. The molecule has 0 atom stereocenters. The molecule has 6 nitrogen and oxygen atoms in total. The molecule has 4 heterocycles. The van der Waals surface area contributed by atoms with Crippen molar-refractivity contribution in [2.45, 2.75) is 5.16 Å². The van der Waals surface area contributed by atoms with E-state index < -0.39 is 0 Å². The van der Waals surface area contributed by atoms with Crippen LogP contribution in [0, 0.1) is 11.3 Å². The largest absolute Gasteiger partial charge is 0.316 e. The van der Waals surface area contributed by atoms with Crippen molar-refractivity contribution in [2.75, 3.05) is 11.1 Å². The van der Waals surface area contributed by atoms with Crippen molar-refractivity contribution in [3.63, 3.8) is 0 Å². The van der Waals surface area contributed by atoms with E-state index in [1.807, 2.05) is 29.0 Å². The SMILES string of the molecule is Cn1c(SCC(=O)Nc2sccc2C#N)nc2scc(-c3cccs3)c2c1=O. The monoisotopic (exact) mass is 444 g/mol. The molecule has 0 spiro atoms. The van der Waals surface area contributed by atoms with Gasteiger partial charge in [0, 0.05) is 22.9 Å². The third kappa shape index (κ3) is 3.49. The van der Waals surface area contributed by atoms with Crippen LogP contribution >= 0.6 is 45.8 Å². The Morgan fingerprint density at radius 1 is 1.32 bits per heavy atom. The third-order valence-corrected chi connectivity index (χ3v) is 7.57. The number of amides is 1. The first kappa shape index (κ1) is 18.9. The molecule has 10 heteroatoms. The lowest BCUT2D eigenvalue weighted by atomic mass is 10.2. The molecule has 0 saturated heterocycles.